The molecule has 1 amide bonds. The normalized spacial score (nSPS) is 16.2. The second-order valence-electron chi connectivity index (χ2n) is 8.41. The van der Waals surface area contributed by atoms with Crippen molar-refractivity contribution in [3.8, 4) is 0 Å². The number of halogens is 1. The van der Waals surface area contributed by atoms with Crippen molar-refractivity contribution < 1.29 is 13.9 Å². The molecule has 0 saturated carbocycles. The first kappa shape index (κ1) is 21.1. The minimum Gasteiger partial charge on any atom is -0.383 e. The number of amides is 1. The van der Waals surface area contributed by atoms with Crippen molar-refractivity contribution in [2.75, 3.05) is 19.4 Å². The highest BCUT2D eigenvalue weighted by Gasteiger charge is 2.28. The number of nitrogens with two attached hydrogens (primary N) is 1. The first-order chi connectivity index (χ1) is 15.9. The Morgan fingerprint density at radius 2 is 2.03 bits per heavy atom. The maximum absolute atomic E-state index is 13.5. The number of nitrogen functional groups attached to an aromatic ring is 1. The van der Waals surface area contributed by atoms with Gasteiger partial charge in [0.05, 0.1) is 48.2 Å². The summed E-state index contributed by atoms with van der Waals surface area (Å²) < 4.78 is 20.5. The second-order valence-corrected chi connectivity index (χ2v) is 8.41. The molecule has 0 bridgehead atoms. The number of carbonyl (C=O) groups excluding carboxylic acids is 1. The molecule has 1 unspecified atom stereocenters. The fourth-order valence-corrected chi connectivity index (χ4v) is 4.49. The molecule has 0 spiro atoms. The zero-order chi connectivity index (χ0) is 23.3. The summed E-state index contributed by atoms with van der Waals surface area (Å²) in [5, 5.41) is 5.87. The smallest absolute Gasteiger partial charge is 0.254 e. The zero-order valence-corrected chi connectivity index (χ0v) is 18.7. The number of aryl methyl sites for hydroxylation is 1. The highest BCUT2D eigenvalue weighted by molar-refractivity contribution is 6.10. The van der Waals surface area contributed by atoms with Gasteiger partial charge in [0.2, 0.25) is 0 Å². The Morgan fingerprint density at radius 1 is 1.24 bits per heavy atom. The molecule has 7 nitrogen and oxygen atoms in total. The van der Waals surface area contributed by atoms with Crippen LogP contribution in [0.3, 0.4) is 0 Å². The SMILES string of the molecule is C/C(=C/F)c1ccc2c(c1)COCC2N(C)C(=O)c1ccc2nc(N)c3cnn(C)c3c2c1. The minimum atomic E-state index is -0.248. The maximum Gasteiger partial charge on any atom is 0.254 e. The lowest BCUT2D eigenvalue weighted by molar-refractivity contribution is 0.0346. The molecule has 8 heteroatoms. The number of aromatic nitrogens is 3. The Morgan fingerprint density at radius 3 is 2.82 bits per heavy atom. The molecule has 0 saturated heterocycles. The van der Waals surface area contributed by atoms with E-state index in [9.17, 15) is 9.18 Å². The van der Waals surface area contributed by atoms with E-state index in [4.69, 9.17) is 10.5 Å². The molecule has 1 aliphatic heterocycles. The van der Waals surface area contributed by atoms with Crippen molar-refractivity contribution >= 4 is 39.1 Å². The van der Waals surface area contributed by atoms with Crippen molar-refractivity contribution in [1.82, 2.24) is 19.7 Å². The molecule has 2 aromatic carbocycles. The summed E-state index contributed by atoms with van der Waals surface area (Å²) in [4.78, 5) is 19.6. The number of anilines is 1. The summed E-state index contributed by atoms with van der Waals surface area (Å²) in [5.74, 6) is 0.282. The monoisotopic (exact) mass is 445 g/mol. The van der Waals surface area contributed by atoms with E-state index in [0.717, 1.165) is 33.0 Å². The third-order valence-corrected chi connectivity index (χ3v) is 6.40. The van der Waals surface area contributed by atoms with Crippen LogP contribution in [-0.4, -0.2) is 39.2 Å². The quantitative estimate of drug-likeness (QED) is 0.506. The Labute approximate surface area is 190 Å². The lowest BCUT2D eigenvalue weighted by atomic mass is 9.94. The predicted octanol–water partition coefficient (Wildman–Crippen LogP) is 4.38. The van der Waals surface area contributed by atoms with Crippen LogP contribution in [0.2, 0.25) is 0 Å². The summed E-state index contributed by atoms with van der Waals surface area (Å²) in [6, 6.07) is 10.9. The van der Waals surface area contributed by atoms with Crippen LogP contribution in [0, 0.1) is 0 Å². The Kier molecular flexibility index (Phi) is 5.09. The highest BCUT2D eigenvalue weighted by atomic mass is 19.1. The van der Waals surface area contributed by atoms with Crippen molar-refractivity contribution in [2.24, 2.45) is 7.05 Å². The topological polar surface area (TPSA) is 86.3 Å². The number of rotatable bonds is 3. The van der Waals surface area contributed by atoms with E-state index < -0.39 is 0 Å². The third-order valence-electron chi connectivity index (χ3n) is 6.40. The van der Waals surface area contributed by atoms with E-state index in [1.807, 2.05) is 37.4 Å². The molecule has 168 valence electrons. The van der Waals surface area contributed by atoms with E-state index in [1.54, 1.807) is 35.8 Å². The minimum absolute atomic E-state index is 0.130. The Hall–Kier alpha value is -3.78. The van der Waals surface area contributed by atoms with Crippen LogP contribution in [-0.2, 0) is 18.4 Å². The van der Waals surface area contributed by atoms with Gasteiger partial charge in [0.25, 0.3) is 5.91 Å². The van der Waals surface area contributed by atoms with Gasteiger partial charge in [0.1, 0.15) is 5.82 Å². The lowest BCUT2D eigenvalue weighted by Gasteiger charge is -2.33. The largest absolute Gasteiger partial charge is 0.383 e. The standard InChI is InChI=1S/C25H24FN5O2/c1-14(10-26)15-4-6-18-17(8-15)12-33-13-22(18)30(2)25(32)16-5-7-21-19(9-16)23-20(24(27)29-21)11-28-31(23)3/h4-11,22H,12-13H2,1-3H3,(H2,27,29)/b14-10-. The van der Waals surface area contributed by atoms with Crippen LogP contribution in [0.25, 0.3) is 27.4 Å². The van der Waals surface area contributed by atoms with Crippen LogP contribution < -0.4 is 5.73 Å². The van der Waals surface area contributed by atoms with E-state index >= 15 is 0 Å². The van der Waals surface area contributed by atoms with Crippen LogP contribution in [0.15, 0.2) is 48.9 Å². The van der Waals surface area contributed by atoms with Gasteiger partial charge in [0.15, 0.2) is 0 Å². The molecule has 4 aromatic rings. The second kappa shape index (κ2) is 7.97. The molecule has 1 aliphatic rings. The number of ether oxygens (including phenoxy) is 1. The van der Waals surface area contributed by atoms with Crippen molar-refractivity contribution in [2.45, 2.75) is 19.6 Å². The van der Waals surface area contributed by atoms with E-state index in [2.05, 4.69) is 10.1 Å². The fraction of sp³-hybridized carbons (Fsp3) is 0.240. The number of allylic oxidation sites excluding steroid dienone is 1. The first-order valence-electron chi connectivity index (χ1n) is 10.6. The third kappa shape index (κ3) is 3.43. The maximum atomic E-state index is 13.5. The molecule has 2 N–H and O–H groups in total. The number of likely N-dealkylation sites (N-methyl/N-ethyl adjacent to an activating group) is 1. The fourth-order valence-electron chi connectivity index (χ4n) is 4.49. The highest BCUT2D eigenvalue weighted by Crippen LogP contribution is 2.33. The van der Waals surface area contributed by atoms with Gasteiger partial charge < -0.3 is 15.4 Å². The summed E-state index contributed by atoms with van der Waals surface area (Å²) in [5.41, 5.74) is 11.5. The van der Waals surface area contributed by atoms with Gasteiger partial charge in [-0.05, 0) is 53.5 Å². The summed E-state index contributed by atoms with van der Waals surface area (Å²) in [6.45, 7) is 2.55. The molecule has 3 heterocycles. The summed E-state index contributed by atoms with van der Waals surface area (Å²) >= 11 is 0. The summed E-state index contributed by atoms with van der Waals surface area (Å²) in [6.07, 6.45) is 2.28. The first-order valence-corrected chi connectivity index (χ1v) is 10.6. The van der Waals surface area contributed by atoms with E-state index in [0.29, 0.717) is 42.0 Å². The van der Waals surface area contributed by atoms with Crippen molar-refractivity contribution in [3.05, 3.63) is 71.2 Å². The van der Waals surface area contributed by atoms with E-state index in [1.165, 1.54) is 0 Å². The molecule has 0 aliphatic carbocycles. The van der Waals surface area contributed by atoms with Crippen molar-refractivity contribution in [1.29, 1.82) is 0 Å². The number of benzene rings is 2. The van der Waals surface area contributed by atoms with Gasteiger partial charge in [-0.1, -0.05) is 12.1 Å². The molecule has 33 heavy (non-hydrogen) atoms. The lowest BCUT2D eigenvalue weighted by Crippen LogP contribution is -2.36. The molecular formula is C25H24FN5O2. The van der Waals surface area contributed by atoms with Crippen LogP contribution in [0.5, 0.6) is 0 Å². The Balaban J connectivity index is 1.52. The average molecular weight is 445 g/mol. The Bertz CT molecular complexity index is 1440. The van der Waals surface area contributed by atoms with Gasteiger partial charge in [0, 0.05) is 25.0 Å². The predicted molar refractivity (Wildman–Crippen MR) is 126 cm³/mol. The van der Waals surface area contributed by atoms with Gasteiger partial charge in [-0.3, -0.25) is 9.48 Å². The van der Waals surface area contributed by atoms with E-state index in [-0.39, 0.29) is 11.9 Å². The number of nitrogens with zero attached hydrogens (tertiary/aromatic N) is 4. The van der Waals surface area contributed by atoms with Crippen LogP contribution in [0.4, 0.5) is 10.2 Å². The average Bonchev–Trinajstić information content (AvgIpc) is 3.24. The van der Waals surface area contributed by atoms with Crippen LogP contribution >= 0.6 is 0 Å². The van der Waals surface area contributed by atoms with Gasteiger partial charge in [-0.15, -0.1) is 0 Å². The van der Waals surface area contributed by atoms with Crippen molar-refractivity contribution in [3.63, 3.8) is 0 Å². The van der Waals surface area contributed by atoms with Gasteiger partial charge in [-0.2, -0.15) is 5.10 Å². The zero-order valence-electron chi connectivity index (χ0n) is 18.7. The van der Waals surface area contributed by atoms with Crippen LogP contribution in [0.1, 0.15) is 40.0 Å². The molecule has 2 aromatic heterocycles. The molecule has 0 radical (unpaired) electrons. The van der Waals surface area contributed by atoms with Gasteiger partial charge >= 0.3 is 0 Å². The number of pyridine rings is 1. The molecule has 0 fully saturated rings. The molecule has 5 rings (SSSR count). The molecular weight excluding hydrogens is 421 g/mol. The number of hydrogen-bond acceptors (Lipinski definition) is 5. The number of carbonyl (C=O) groups is 1. The number of hydrogen-bond donors (Lipinski definition) is 1. The number of fused-ring (bicyclic) bond motifs is 4. The summed E-state index contributed by atoms with van der Waals surface area (Å²) in [7, 11) is 3.61. The van der Waals surface area contributed by atoms with Gasteiger partial charge in [-0.25, -0.2) is 9.37 Å². The molecule has 1 atom stereocenters.